The second-order valence-electron chi connectivity index (χ2n) is 3.98. The molecule has 2 aromatic rings. The summed E-state index contributed by atoms with van der Waals surface area (Å²) in [5.74, 6) is 0. The Morgan fingerprint density at radius 1 is 1.44 bits per heavy atom. The number of hydrogen-bond donors (Lipinski definition) is 0. The van der Waals surface area contributed by atoms with Crippen molar-refractivity contribution in [1.29, 1.82) is 0 Å². The minimum atomic E-state index is 0.515. The zero-order valence-electron chi connectivity index (χ0n) is 8.87. The molecule has 1 saturated heterocycles. The van der Waals surface area contributed by atoms with Crippen molar-refractivity contribution in [2.45, 2.75) is 25.4 Å². The van der Waals surface area contributed by atoms with E-state index in [1.807, 2.05) is 11.7 Å². The summed E-state index contributed by atoms with van der Waals surface area (Å²) in [6, 6.07) is 0.515. The largest absolute Gasteiger partial charge is 0.288 e. The molecule has 1 atom stereocenters. The van der Waals surface area contributed by atoms with E-state index in [1.165, 1.54) is 30.1 Å². The van der Waals surface area contributed by atoms with Crippen LogP contribution in [0.5, 0.6) is 0 Å². The molecule has 5 heteroatoms. The fourth-order valence-corrected chi connectivity index (χ4v) is 3.57. The van der Waals surface area contributed by atoms with Gasteiger partial charge in [-0.15, -0.1) is 22.7 Å². The number of aromatic nitrogens is 2. The highest BCUT2D eigenvalue weighted by Gasteiger charge is 2.27. The minimum Gasteiger partial charge on any atom is -0.288 e. The molecule has 16 heavy (non-hydrogen) atoms. The van der Waals surface area contributed by atoms with E-state index in [4.69, 9.17) is 0 Å². The van der Waals surface area contributed by atoms with E-state index in [-0.39, 0.29) is 0 Å². The first-order chi connectivity index (χ1) is 7.93. The lowest BCUT2D eigenvalue weighted by Gasteiger charge is -2.21. The third-order valence-corrected chi connectivity index (χ3v) is 4.46. The van der Waals surface area contributed by atoms with Gasteiger partial charge in [0.25, 0.3) is 0 Å². The summed E-state index contributed by atoms with van der Waals surface area (Å²) in [6.45, 7) is 2.13. The average Bonchev–Trinajstić information content (AvgIpc) is 2.98. The number of rotatable bonds is 3. The van der Waals surface area contributed by atoms with Crippen LogP contribution in [-0.4, -0.2) is 21.4 Å². The Bertz CT molecular complexity index is 424. The van der Waals surface area contributed by atoms with Crippen LogP contribution in [0, 0.1) is 0 Å². The maximum atomic E-state index is 4.44. The average molecular weight is 251 g/mol. The van der Waals surface area contributed by atoms with Crippen molar-refractivity contribution >= 4 is 22.7 Å². The molecule has 0 N–H and O–H groups in total. The lowest BCUT2D eigenvalue weighted by molar-refractivity contribution is 0.245. The summed E-state index contributed by atoms with van der Waals surface area (Å²) < 4.78 is 0. The second-order valence-corrected chi connectivity index (χ2v) is 5.62. The normalized spacial score (nSPS) is 21.6. The van der Waals surface area contributed by atoms with Gasteiger partial charge in [0.1, 0.15) is 5.01 Å². The van der Waals surface area contributed by atoms with Gasteiger partial charge < -0.3 is 0 Å². The first kappa shape index (κ1) is 10.4. The van der Waals surface area contributed by atoms with E-state index in [1.54, 1.807) is 22.7 Å². The number of likely N-dealkylation sites (tertiary alicyclic amines) is 1. The molecular formula is C11H13N3S2. The molecule has 3 rings (SSSR count). The summed E-state index contributed by atoms with van der Waals surface area (Å²) in [6.07, 6.45) is 4.41. The molecule has 3 nitrogen and oxygen atoms in total. The van der Waals surface area contributed by atoms with Crippen molar-refractivity contribution in [3.05, 3.63) is 33.2 Å². The summed E-state index contributed by atoms with van der Waals surface area (Å²) in [7, 11) is 0. The van der Waals surface area contributed by atoms with Gasteiger partial charge in [-0.25, -0.2) is 9.97 Å². The van der Waals surface area contributed by atoms with Gasteiger partial charge in [-0.05, 0) is 19.4 Å². The molecule has 3 heterocycles. The Labute approximate surface area is 103 Å². The molecule has 1 aliphatic rings. The van der Waals surface area contributed by atoms with E-state index in [9.17, 15) is 0 Å². The van der Waals surface area contributed by atoms with E-state index >= 15 is 0 Å². The van der Waals surface area contributed by atoms with Crippen LogP contribution in [0.1, 0.15) is 29.6 Å². The predicted octanol–water partition coefficient (Wildman–Crippen LogP) is 2.94. The van der Waals surface area contributed by atoms with Gasteiger partial charge in [0.2, 0.25) is 0 Å². The van der Waals surface area contributed by atoms with Gasteiger partial charge in [-0.2, -0.15) is 0 Å². The van der Waals surface area contributed by atoms with Crippen LogP contribution in [0.2, 0.25) is 0 Å². The Kier molecular flexibility index (Phi) is 2.99. The molecule has 0 saturated carbocycles. The molecule has 0 bridgehead atoms. The molecule has 0 aromatic carbocycles. The van der Waals surface area contributed by atoms with Crippen LogP contribution in [-0.2, 0) is 6.54 Å². The van der Waals surface area contributed by atoms with Gasteiger partial charge in [0, 0.05) is 23.5 Å². The monoisotopic (exact) mass is 251 g/mol. The van der Waals surface area contributed by atoms with Gasteiger partial charge in [0.05, 0.1) is 17.2 Å². The van der Waals surface area contributed by atoms with E-state index < -0.39 is 0 Å². The molecule has 0 amide bonds. The first-order valence-electron chi connectivity index (χ1n) is 5.44. The molecule has 84 valence electrons. The molecule has 0 radical (unpaired) electrons. The van der Waals surface area contributed by atoms with Crippen molar-refractivity contribution in [3.63, 3.8) is 0 Å². The first-order valence-corrected chi connectivity index (χ1v) is 7.26. The van der Waals surface area contributed by atoms with Crippen LogP contribution in [0.3, 0.4) is 0 Å². The predicted molar refractivity (Wildman–Crippen MR) is 66.6 cm³/mol. The third-order valence-electron chi connectivity index (χ3n) is 2.95. The summed E-state index contributed by atoms with van der Waals surface area (Å²) >= 11 is 3.44. The maximum absolute atomic E-state index is 4.44. The van der Waals surface area contributed by atoms with Crippen LogP contribution in [0.15, 0.2) is 22.5 Å². The molecule has 0 unspecified atom stereocenters. The fourth-order valence-electron chi connectivity index (χ4n) is 2.22. The molecule has 2 aromatic heterocycles. The van der Waals surface area contributed by atoms with Crippen LogP contribution >= 0.6 is 22.7 Å². The van der Waals surface area contributed by atoms with Gasteiger partial charge in [-0.3, -0.25) is 4.90 Å². The van der Waals surface area contributed by atoms with Crippen molar-refractivity contribution in [2.75, 3.05) is 6.54 Å². The van der Waals surface area contributed by atoms with Crippen molar-refractivity contribution in [3.8, 4) is 0 Å². The third kappa shape index (κ3) is 2.03. The molecule has 1 fully saturated rings. The lowest BCUT2D eigenvalue weighted by atomic mass is 10.2. The summed E-state index contributed by atoms with van der Waals surface area (Å²) in [4.78, 5) is 11.3. The zero-order chi connectivity index (χ0) is 10.8. The van der Waals surface area contributed by atoms with Crippen LogP contribution in [0.4, 0.5) is 0 Å². The summed E-state index contributed by atoms with van der Waals surface area (Å²) in [5.41, 5.74) is 3.09. The van der Waals surface area contributed by atoms with Crippen molar-refractivity contribution < 1.29 is 0 Å². The number of thiazole rings is 2. The molecule has 0 aliphatic carbocycles. The Balaban J connectivity index is 1.75. The number of hydrogen-bond acceptors (Lipinski definition) is 5. The molecule has 1 aliphatic heterocycles. The smallest absolute Gasteiger partial charge is 0.110 e. The fraction of sp³-hybridized carbons (Fsp3) is 0.455. The highest BCUT2D eigenvalue weighted by atomic mass is 32.1. The Hall–Kier alpha value is -0.780. The van der Waals surface area contributed by atoms with Crippen LogP contribution in [0.25, 0.3) is 0 Å². The topological polar surface area (TPSA) is 29.0 Å². The number of nitrogens with zero attached hydrogens (tertiary/aromatic N) is 3. The van der Waals surface area contributed by atoms with Crippen LogP contribution < -0.4 is 0 Å². The maximum Gasteiger partial charge on any atom is 0.110 e. The molecule has 0 spiro atoms. The lowest BCUT2D eigenvalue weighted by Crippen LogP contribution is -2.22. The molecular weight excluding hydrogens is 238 g/mol. The van der Waals surface area contributed by atoms with Crippen molar-refractivity contribution in [2.24, 2.45) is 0 Å². The van der Waals surface area contributed by atoms with E-state index in [0.29, 0.717) is 6.04 Å². The highest BCUT2D eigenvalue weighted by Crippen LogP contribution is 2.33. The summed E-state index contributed by atoms with van der Waals surface area (Å²) in [5, 5.41) is 5.46. The zero-order valence-corrected chi connectivity index (χ0v) is 10.5. The SMILES string of the molecule is c1csc([C@H]2CCCN2Cc2cscn2)n1. The van der Waals surface area contributed by atoms with Gasteiger partial charge in [0.15, 0.2) is 0 Å². The Morgan fingerprint density at radius 2 is 2.44 bits per heavy atom. The Morgan fingerprint density at radius 3 is 3.19 bits per heavy atom. The quantitative estimate of drug-likeness (QED) is 0.840. The van der Waals surface area contributed by atoms with Gasteiger partial charge >= 0.3 is 0 Å². The van der Waals surface area contributed by atoms with Crippen molar-refractivity contribution in [1.82, 2.24) is 14.9 Å². The second kappa shape index (κ2) is 4.61. The van der Waals surface area contributed by atoms with E-state index in [2.05, 4.69) is 25.6 Å². The standard InChI is InChI=1S/C11H13N3S2/c1-2-10(11-12-3-5-16-11)14(4-1)6-9-7-15-8-13-9/h3,5,7-8,10H,1-2,4,6H2/t10-/m1/s1. The van der Waals surface area contributed by atoms with E-state index in [0.717, 1.165) is 6.54 Å². The van der Waals surface area contributed by atoms with Gasteiger partial charge in [-0.1, -0.05) is 0 Å². The minimum absolute atomic E-state index is 0.515. The highest BCUT2D eigenvalue weighted by molar-refractivity contribution is 7.09.